The third-order valence-electron chi connectivity index (χ3n) is 2.51. The maximum absolute atomic E-state index is 10.4. The van der Waals surface area contributed by atoms with E-state index in [1.165, 1.54) is 0 Å². The molecule has 0 spiro atoms. The number of nitrogens with zero attached hydrogens (tertiary/aromatic N) is 3. The van der Waals surface area contributed by atoms with Gasteiger partial charge in [-0.15, -0.1) is 5.10 Å². The van der Waals surface area contributed by atoms with E-state index in [1.54, 1.807) is 18.7 Å². The Balaban J connectivity index is 2.63. The fourth-order valence-electron chi connectivity index (χ4n) is 1.65. The van der Waals surface area contributed by atoms with Crippen molar-refractivity contribution >= 4 is 15.9 Å². The fraction of sp³-hybridized carbons (Fsp3) is 0.800. The highest BCUT2D eigenvalue weighted by molar-refractivity contribution is 9.10. The average Bonchev–Trinajstić information content (AvgIpc) is 2.54. The van der Waals surface area contributed by atoms with E-state index in [0.29, 0.717) is 16.7 Å². The third-order valence-corrected chi connectivity index (χ3v) is 3.05. The summed E-state index contributed by atoms with van der Waals surface area (Å²) < 4.78 is 2.21. The van der Waals surface area contributed by atoms with Gasteiger partial charge in [-0.25, -0.2) is 4.68 Å². The predicted octanol–water partition coefficient (Wildman–Crippen LogP) is 1.17. The van der Waals surface area contributed by atoms with Gasteiger partial charge in [0.25, 0.3) is 0 Å². The molecule has 0 aliphatic heterocycles. The highest BCUT2D eigenvalue weighted by atomic mass is 79.9. The van der Waals surface area contributed by atoms with Crippen molar-refractivity contribution in [1.82, 2.24) is 20.3 Å². The minimum absolute atomic E-state index is 0.607. The van der Waals surface area contributed by atoms with Crippen LogP contribution in [0.2, 0.25) is 0 Å². The molecule has 1 rings (SSSR count). The topological polar surface area (TPSA) is 63.0 Å². The zero-order valence-corrected chi connectivity index (χ0v) is 11.6. The molecule has 0 fully saturated rings. The van der Waals surface area contributed by atoms with Crippen LogP contribution in [0.25, 0.3) is 0 Å². The van der Waals surface area contributed by atoms with Crippen molar-refractivity contribution in [2.75, 3.05) is 13.1 Å². The molecule has 1 aromatic rings. The van der Waals surface area contributed by atoms with Gasteiger partial charge in [0.2, 0.25) is 0 Å². The van der Waals surface area contributed by atoms with Crippen molar-refractivity contribution in [3.05, 3.63) is 10.3 Å². The molecule has 0 amide bonds. The molecule has 0 bridgehead atoms. The normalized spacial score (nSPS) is 15.1. The van der Waals surface area contributed by atoms with Crippen molar-refractivity contribution in [2.24, 2.45) is 7.05 Å². The predicted molar refractivity (Wildman–Crippen MR) is 66.1 cm³/mol. The van der Waals surface area contributed by atoms with E-state index < -0.39 is 5.60 Å². The minimum Gasteiger partial charge on any atom is -0.384 e. The number of hydrogen-bond acceptors (Lipinski definition) is 4. The van der Waals surface area contributed by atoms with Gasteiger partial charge in [0, 0.05) is 7.05 Å². The van der Waals surface area contributed by atoms with Crippen LogP contribution in [-0.4, -0.2) is 33.2 Å². The molecular formula is C10H19BrN4O. The molecular weight excluding hydrogens is 272 g/mol. The molecule has 16 heavy (non-hydrogen) atoms. The summed E-state index contributed by atoms with van der Waals surface area (Å²) in [7, 11) is 1.78. The third kappa shape index (κ3) is 3.26. The van der Waals surface area contributed by atoms with E-state index in [2.05, 4.69) is 38.5 Å². The Morgan fingerprint density at radius 1 is 1.50 bits per heavy atom. The Kier molecular flexibility index (Phi) is 4.89. The molecule has 0 aliphatic carbocycles. The van der Waals surface area contributed by atoms with Crippen LogP contribution in [0.1, 0.15) is 32.4 Å². The van der Waals surface area contributed by atoms with Crippen molar-refractivity contribution in [1.29, 1.82) is 0 Å². The zero-order chi connectivity index (χ0) is 12.2. The minimum atomic E-state index is -0.919. The van der Waals surface area contributed by atoms with Crippen LogP contribution in [0.15, 0.2) is 4.60 Å². The van der Waals surface area contributed by atoms with Crippen LogP contribution in [0.5, 0.6) is 0 Å². The van der Waals surface area contributed by atoms with Gasteiger partial charge in [-0.3, -0.25) is 0 Å². The van der Waals surface area contributed by atoms with Crippen molar-refractivity contribution < 1.29 is 5.11 Å². The number of aliphatic hydroxyl groups is 1. The summed E-state index contributed by atoms with van der Waals surface area (Å²) in [4.78, 5) is 0. The zero-order valence-electron chi connectivity index (χ0n) is 10.00. The lowest BCUT2D eigenvalue weighted by Crippen LogP contribution is -2.30. The van der Waals surface area contributed by atoms with Gasteiger partial charge in [0.15, 0.2) is 4.60 Å². The van der Waals surface area contributed by atoms with Gasteiger partial charge < -0.3 is 10.4 Å². The summed E-state index contributed by atoms with van der Waals surface area (Å²) in [6.07, 6.45) is 1.73. The molecule has 6 heteroatoms. The maximum atomic E-state index is 10.4. The first kappa shape index (κ1) is 13.6. The van der Waals surface area contributed by atoms with Gasteiger partial charge in [-0.05, 0) is 48.8 Å². The van der Waals surface area contributed by atoms with Crippen molar-refractivity contribution in [3.8, 4) is 0 Å². The second-order valence-electron chi connectivity index (χ2n) is 4.13. The van der Waals surface area contributed by atoms with Crippen LogP contribution < -0.4 is 5.32 Å². The van der Waals surface area contributed by atoms with Crippen molar-refractivity contribution in [2.45, 2.75) is 32.3 Å². The number of hydrogen-bond donors (Lipinski definition) is 2. The van der Waals surface area contributed by atoms with Gasteiger partial charge in [0.05, 0.1) is 0 Å². The molecule has 2 N–H and O–H groups in total. The lowest BCUT2D eigenvalue weighted by Gasteiger charge is -2.23. The molecule has 0 saturated carbocycles. The van der Waals surface area contributed by atoms with Crippen molar-refractivity contribution in [3.63, 3.8) is 0 Å². The first-order chi connectivity index (χ1) is 7.49. The molecule has 0 radical (unpaired) electrons. The van der Waals surface area contributed by atoms with E-state index in [-0.39, 0.29) is 0 Å². The molecule has 1 unspecified atom stereocenters. The lowest BCUT2D eigenvalue weighted by atomic mass is 9.98. The van der Waals surface area contributed by atoms with E-state index in [0.717, 1.165) is 19.5 Å². The fourth-order valence-corrected chi connectivity index (χ4v) is 2.41. The summed E-state index contributed by atoms with van der Waals surface area (Å²) in [6.45, 7) is 5.65. The highest BCUT2D eigenvalue weighted by Gasteiger charge is 2.29. The first-order valence-electron chi connectivity index (χ1n) is 5.47. The number of halogens is 1. The van der Waals surface area contributed by atoms with Crippen LogP contribution in [-0.2, 0) is 12.6 Å². The first-order valence-corrected chi connectivity index (χ1v) is 6.27. The Morgan fingerprint density at radius 2 is 2.19 bits per heavy atom. The summed E-state index contributed by atoms with van der Waals surface area (Å²) >= 11 is 3.30. The average molecular weight is 291 g/mol. The summed E-state index contributed by atoms with van der Waals surface area (Å²) in [5.41, 5.74) is -0.205. The molecule has 1 atom stereocenters. The van der Waals surface area contributed by atoms with Gasteiger partial charge in [-0.2, -0.15) is 0 Å². The van der Waals surface area contributed by atoms with E-state index in [4.69, 9.17) is 0 Å². The van der Waals surface area contributed by atoms with Gasteiger partial charge in [0.1, 0.15) is 11.3 Å². The number of aryl methyl sites for hydroxylation is 1. The summed E-state index contributed by atoms with van der Waals surface area (Å²) in [6, 6.07) is 0. The molecule has 5 nitrogen and oxygen atoms in total. The van der Waals surface area contributed by atoms with Gasteiger partial charge in [-0.1, -0.05) is 12.1 Å². The van der Waals surface area contributed by atoms with Gasteiger partial charge >= 0.3 is 0 Å². The molecule has 1 heterocycles. The summed E-state index contributed by atoms with van der Waals surface area (Å²) in [5.74, 6) is 0. The van der Waals surface area contributed by atoms with E-state index >= 15 is 0 Å². The second-order valence-corrected chi connectivity index (χ2v) is 4.88. The smallest absolute Gasteiger partial charge is 0.154 e. The highest BCUT2D eigenvalue weighted by Crippen LogP contribution is 2.28. The quantitative estimate of drug-likeness (QED) is 0.772. The molecule has 92 valence electrons. The molecule has 0 saturated heterocycles. The van der Waals surface area contributed by atoms with E-state index in [9.17, 15) is 5.11 Å². The molecule has 0 aromatic carbocycles. The maximum Gasteiger partial charge on any atom is 0.154 e. The Morgan fingerprint density at radius 3 is 2.69 bits per heavy atom. The monoisotopic (exact) mass is 290 g/mol. The Labute approximate surface area is 104 Å². The van der Waals surface area contributed by atoms with Crippen LogP contribution >= 0.6 is 15.9 Å². The molecule has 0 aliphatic rings. The number of aromatic nitrogens is 3. The SMILES string of the molecule is CCCNCCC(C)(O)c1c(Br)nnn1C. The lowest BCUT2D eigenvalue weighted by molar-refractivity contribution is 0.0389. The second kappa shape index (κ2) is 5.75. The van der Waals surface area contributed by atoms with E-state index in [1.807, 2.05) is 0 Å². The number of rotatable bonds is 6. The van der Waals surface area contributed by atoms with Crippen LogP contribution in [0, 0.1) is 0 Å². The Bertz CT molecular complexity index is 318. The van der Waals surface area contributed by atoms with Crippen LogP contribution in [0.3, 0.4) is 0 Å². The number of nitrogens with one attached hydrogen (secondary N) is 1. The standard InChI is InChI=1S/C10H19BrN4O/c1-4-6-12-7-5-10(2,16)8-9(11)13-14-15(8)3/h12,16H,4-7H2,1-3H3. The van der Waals surface area contributed by atoms with Crippen LogP contribution in [0.4, 0.5) is 0 Å². The molecule has 1 aromatic heterocycles. The largest absolute Gasteiger partial charge is 0.384 e. The Hall–Kier alpha value is -0.460. The summed E-state index contributed by atoms with van der Waals surface area (Å²) in [5, 5.41) is 21.4.